The van der Waals surface area contributed by atoms with Crippen LogP contribution in [0.2, 0.25) is 0 Å². The smallest absolute Gasteiger partial charge is 0.324 e. The lowest BCUT2D eigenvalue weighted by atomic mass is 9.62. The number of carbonyl (C=O) groups excluding carboxylic acids is 3. The van der Waals surface area contributed by atoms with E-state index in [0.29, 0.717) is 12.0 Å². The van der Waals surface area contributed by atoms with Crippen LogP contribution < -0.4 is 0 Å². The fourth-order valence-corrected chi connectivity index (χ4v) is 3.23. The molecule has 2 rings (SSSR count). The van der Waals surface area contributed by atoms with Gasteiger partial charge in [-0.15, -0.1) is 0 Å². The quantitative estimate of drug-likeness (QED) is 0.623. The first-order chi connectivity index (χ1) is 11.1. The summed E-state index contributed by atoms with van der Waals surface area (Å²) in [7, 11) is 0. The topological polar surface area (TPSA) is 60.4 Å². The summed E-state index contributed by atoms with van der Waals surface area (Å²) in [6.45, 7) is 10.0. The van der Waals surface area contributed by atoms with Crippen LogP contribution in [0.5, 0.6) is 0 Å². The molecule has 2 atom stereocenters. The van der Waals surface area contributed by atoms with E-state index in [4.69, 9.17) is 4.74 Å². The van der Waals surface area contributed by atoms with Gasteiger partial charge in [0.1, 0.15) is 0 Å². The Bertz CT molecular complexity index is 668. The monoisotopic (exact) mass is 330 g/mol. The molecular weight excluding hydrogens is 304 g/mol. The number of ketones is 2. The van der Waals surface area contributed by atoms with Crippen molar-refractivity contribution in [1.82, 2.24) is 0 Å². The molecule has 1 aliphatic carbocycles. The molecule has 1 unspecified atom stereocenters. The minimum Gasteiger partial charge on any atom is -0.465 e. The van der Waals surface area contributed by atoms with Gasteiger partial charge in [0, 0.05) is 5.56 Å². The molecule has 1 aromatic rings. The van der Waals surface area contributed by atoms with Gasteiger partial charge in [0.05, 0.1) is 12.0 Å². The van der Waals surface area contributed by atoms with Crippen LogP contribution in [-0.2, 0) is 19.7 Å². The van der Waals surface area contributed by atoms with E-state index >= 15 is 0 Å². The number of fused-ring (bicyclic) bond motifs is 1. The summed E-state index contributed by atoms with van der Waals surface area (Å²) in [6.07, 6.45) is 1.41. The van der Waals surface area contributed by atoms with Gasteiger partial charge in [0.25, 0.3) is 0 Å². The third kappa shape index (κ3) is 3.28. The van der Waals surface area contributed by atoms with E-state index in [1.54, 1.807) is 19.1 Å². The van der Waals surface area contributed by atoms with Crippen molar-refractivity contribution >= 4 is 17.5 Å². The zero-order valence-electron chi connectivity index (χ0n) is 15.1. The normalized spacial score (nSPS) is 23.8. The summed E-state index contributed by atoms with van der Waals surface area (Å²) in [4.78, 5) is 38.1. The van der Waals surface area contributed by atoms with Crippen LogP contribution in [0.15, 0.2) is 24.3 Å². The van der Waals surface area contributed by atoms with Gasteiger partial charge in [-0.1, -0.05) is 45.0 Å². The standard InChI is InChI=1S/C20H26O4/c1-6-24-18(23)15-16(21)13-9-7-8-10-14(13)20(5,17(15)22)12-11-19(2,3)4/h7-10,15H,6,11-12H2,1-5H3/t15?,20-/m1/s1. The zero-order valence-corrected chi connectivity index (χ0v) is 15.1. The lowest BCUT2D eigenvalue weighted by Crippen LogP contribution is -2.50. The second kappa shape index (κ2) is 6.50. The predicted molar refractivity (Wildman–Crippen MR) is 91.9 cm³/mol. The highest BCUT2D eigenvalue weighted by atomic mass is 16.5. The lowest BCUT2D eigenvalue weighted by molar-refractivity contribution is -0.151. The van der Waals surface area contributed by atoms with Crippen LogP contribution in [0, 0.1) is 11.3 Å². The highest BCUT2D eigenvalue weighted by molar-refractivity contribution is 6.28. The fourth-order valence-electron chi connectivity index (χ4n) is 3.23. The molecule has 4 heteroatoms. The van der Waals surface area contributed by atoms with E-state index in [2.05, 4.69) is 20.8 Å². The summed E-state index contributed by atoms with van der Waals surface area (Å²) < 4.78 is 5.00. The van der Waals surface area contributed by atoms with Crippen molar-refractivity contribution in [2.75, 3.05) is 6.61 Å². The Morgan fingerprint density at radius 1 is 1.21 bits per heavy atom. The first-order valence-corrected chi connectivity index (χ1v) is 8.46. The van der Waals surface area contributed by atoms with Gasteiger partial charge in [-0.3, -0.25) is 14.4 Å². The molecule has 24 heavy (non-hydrogen) atoms. The van der Waals surface area contributed by atoms with Crippen molar-refractivity contribution in [2.45, 2.75) is 52.9 Å². The molecule has 0 spiro atoms. The third-order valence-electron chi connectivity index (χ3n) is 4.75. The summed E-state index contributed by atoms with van der Waals surface area (Å²) in [5.74, 6) is -2.86. The summed E-state index contributed by atoms with van der Waals surface area (Å²) in [5, 5.41) is 0. The summed E-state index contributed by atoms with van der Waals surface area (Å²) >= 11 is 0. The van der Waals surface area contributed by atoms with Gasteiger partial charge in [-0.25, -0.2) is 0 Å². The van der Waals surface area contributed by atoms with Gasteiger partial charge in [0.15, 0.2) is 17.5 Å². The van der Waals surface area contributed by atoms with E-state index in [1.807, 2.05) is 19.1 Å². The number of hydrogen-bond acceptors (Lipinski definition) is 4. The van der Waals surface area contributed by atoms with Crippen molar-refractivity contribution in [3.05, 3.63) is 35.4 Å². The van der Waals surface area contributed by atoms with Gasteiger partial charge in [0.2, 0.25) is 0 Å². The Balaban J connectivity index is 2.52. The average Bonchev–Trinajstić information content (AvgIpc) is 2.51. The maximum absolute atomic E-state index is 13.1. The minimum absolute atomic E-state index is 0.0547. The molecule has 0 bridgehead atoms. The number of hydrogen-bond donors (Lipinski definition) is 0. The molecule has 130 valence electrons. The van der Waals surface area contributed by atoms with E-state index in [1.165, 1.54) is 0 Å². The van der Waals surface area contributed by atoms with Crippen LogP contribution in [0.3, 0.4) is 0 Å². The number of benzene rings is 1. The van der Waals surface area contributed by atoms with Crippen LogP contribution in [0.4, 0.5) is 0 Å². The summed E-state index contributed by atoms with van der Waals surface area (Å²) in [5.41, 5.74) is 0.394. The highest BCUT2D eigenvalue weighted by Gasteiger charge is 2.52. The van der Waals surface area contributed by atoms with Crippen molar-refractivity contribution in [3.8, 4) is 0 Å². The molecule has 4 nitrogen and oxygen atoms in total. The summed E-state index contributed by atoms with van der Waals surface area (Å²) in [6, 6.07) is 7.12. The van der Waals surface area contributed by atoms with Crippen LogP contribution in [0.1, 0.15) is 63.4 Å². The van der Waals surface area contributed by atoms with E-state index in [9.17, 15) is 14.4 Å². The molecule has 1 aliphatic rings. The van der Waals surface area contributed by atoms with Crippen LogP contribution in [-0.4, -0.2) is 24.1 Å². The number of Topliss-reactive ketones (excluding diaryl/α,β-unsaturated/α-hetero) is 2. The Hall–Kier alpha value is -1.97. The molecule has 0 N–H and O–H groups in total. The number of ether oxygens (including phenoxy) is 1. The van der Waals surface area contributed by atoms with Crippen molar-refractivity contribution < 1.29 is 19.1 Å². The predicted octanol–water partition coefficient (Wildman–Crippen LogP) is 3.72. The molecule has 0 radical (unpaired) electrons. The van der Waals surface area contributed by atoms with Gasteiger partial charge in [-0.05, 0) is 37.7 Å². The van der Waals surface area contributed by atoms with Gasteiger partial charge >= 0.3 is 5.97 Å². The fraction of sp³-hybridized carbons (Fsp3) is 0.550. The van der Waals surface area contributed by atoms with Crippen molar-refractivity contribution in [3.63, 3.8) is 0 Å². The Kier molecular flexibility index (Phi) is 4.97. The molecule has 0 amide bonds. The lowest BCUT2D eigenvalue weighted by Gasteiger charge is -2.38. The van der Waals surface area contributed by atoms with Crippen LogP contribution >= 0.6 is 0 Å². The van der Waals surface area contributed by atoms with Crippen molar-refractivity contribution in [2.24, 2.45) is 11.3 Å². The molecule has 0 aromatic heterocycles. The molecule has 0 fully saturated rings. The van der Waals surface area contributed by atoms with Gasteiger partial charge in [-0.2, -0.15) is 0 Å². The van der Waals surface area contributed by atoms with E-state index < -0.39 is 23.1 Å². The highest BCUT2D eigenvalue weighted by Crippen LogP contribution is 2.42. The zero-order chi connectivity index (χ0) is 18.1. The third-order valence-corrected chi connectivity index (χ3v) is 4.75. The van der Waals surface area contributed by atoms with Gasteiger partial charge < -0.3 is 4.74 Å². The Morgan fingerprint density at radius 3 is 2.42 bits per heavy atom. The molecule has 1 aromatic carbocycles. The maximum atomic E-state index is 13.1. The second-order valence-corrected chi connectivity index (χ2v) is 7.85. The molecule has 0 aliphatic heterocycles. The first-order valence-electron chi connectivity index (χ1n) is 8.46. The SMILES string of the molecule is CCOC(=O)C1C(=O)c2ccccc2[C@@](C)(CCC(C)(C)C)C1=O. The largest absolute Gasteiger partial charge is 0.465 e. The van der Waals surface area contributed by atoms with Crippen molar-refractivity contribution in [1.29, 1.82) is 0 Å². The average molecular weight is 330 g/mol. The Morgan fingerprint density at radius 2 is 1.83 bits per heavy atom. The van der Waals surface area contributed by atoms with Crippen LogP contribution in [0.25, 0.3) is 0 Å². The molecular formula is C20H26O4. The molecule has 0 heterocycles. The van der Waals surface area contributed by atoms with E-state index in [-0.39, 0.29) is 17.8 Å². The molecule has 0 saturated carbocycles. The van der Waals surface area contributed by atoms with E-state index in [0.717, 1.165) is 12.0 Å². The number of rotatable bonds is 4. The first kappa shape index (κ1) is 18.4. The maximum Gasteiger partial charge on any atom is 0.324 e. The number of carbonyl (C=O) groups is 3. The Labute approximate surface area is 143 Å². The second-order valence-electron chi connectivity index (χ2n) is 7.85. The number of esters is 1. The molecule has 0 saturated heterocycles. The minimum atomic E-state index is -1.34.